The second kappa shape index (κ2) is 9.80. The van der Waals surface area contributed by atoms with Crippen molar-refractivity contribution in [2.45, 2.75) is 4.90 Å². The fraction of sp³-hybridized carbons (Fsp3) is 0.130. The lowest BCUT2D eigenvalue weighted by Crippen LogP contribution is -2.23. The van der Waals surface area contributed by atoms with Crippen molar-refractivity contribution in [1.29, 1.82) is 0 Å². The average molecular weight is 407 g/mol. The highest BCUT2D eigenvalue weighted by Gasteiger charge is 2.14. The number of ether oxygens (including phenoxy) is 1. The molecule has 0 aromatic heterocycles. The smallest absolute Gasteiger partial charge is 0.256 e. The first-order valence-corrected chi connectivity index (χ1v) is 10.1. The van der Waals surface area contributed by atoms with Gasteiger partial charge in [0.05, 0.1) is 11.3 Å². The zero-order valence-electron chi connectivity index (χ0n) is 16.3. The Balaban J connectivity index is 1.65. The Hall–Kier alpha value is -3.25. The SMILES string of the molecule is CN(C)C(=O)CSc1ccccc1C(=O)Nc1ccc(Oc2ccccc2)cc1. The first kappa shape index (κ1) is 20.5. The van der Waals surface area contributed by atoms with Gasteiger partial charge in [-0.25, -0.2) is 0 Å². The Kier molecular flexibility index (Phi) is 6.92. The number of nitrogens with zero attached hydrogens (tertiary/aromatic N) is 1. The molecule has 148 valence electrons. The van der Waals surface area contributed by atoms with E-state index in [-0.39, 0.29) is 17.6 Å². The molecule has 0 saturated heterocycles. The quantitative estimate of drug-likeness (QED) is 0.566. The molecule has 0 atom stereocenters. The summed E-state index contributed by atoms with van der Waals surface area (Å²) < 4.78 is 5.76. The van der Waals surface area contributed by atoms with E-state index in [2.05, 4.69) is 5.32 Å². The number of anilines is 1. The monoisotopic (exact) mass is 406 g/mol. The highest BCUT2D eigenvalue weighted by atomic mass is 32.2. The van der Waals surface area contributed by atoms with Gasteiger partial charge in [-0.05, 0) is 48.5 Å². The predicted molar refractivity (Wildman–Crippen MR) is 117 cm³/mol. The summed E-state index contributed by atoms with van der Waals surface area (Å²) in [6.07, 6.45) is 0. The number of hydrogen-bond acceptors (Lipinski definition) is 4. The molecule has 0 aliphatic carbocycles. The highest BCUT2D eigenvalue weighted by molar-refractivity contribution is 8.00. The van der Waals surface area contributed by atoms with Crippen LogP contribution < -0.4 is 10.1 Å². The van der Waals surface area contributed by atoms with Crippen LogP contribution in [0, 0.1) is 0 Å². The van der Waals surface area contributed by atoms with E-state index in [1.807, 2.05) is 48.5 Å². The van der Waals surface area contributed by atoms with Gasteiger partial charge in [-0.3, -0.25) is 9.59 Å². The normalized spacial score (nSPS) is 10.3. The summed E-state index contributed by atoms with van der Waals surface area (Å²) in [5, 5.41) is 2.90. The minimum atomic E-state index is -0.220. The van der Waals surface area contributed by atoms with E-state index in [0.29, 0.717) is 17.0 Å². The van der Waals surface area contributed by atoms with Gasteiger partial charge >= 0.3 is 0 Å². The van der Waals surface area contributed by atoms with Crippen molar-refractivity contribution in [3.05, 3.63) is 84.4 Å². The molecular formula is C23H22N2O3S. The van der Waals surface area contributed by atoms with Gasteiger partial charge in [0.25, 0.3) is 5.91 Å². The summed E-state index contributed by atoms with van der Waals surface area (Å²) in [7, 11) is 3.43. The van der Waals surface area contributed by atoms with Gasteiger partial charge in [-0.1, -0.05) is 30.3 Å². The van der Waals surface area contributed by atoms with Crippen molar-refractivity contribution in [3.63, 3.8) is 0 Å². The Labute approximate surface area is 174 Å². The van der Waals surface area contributed by atoms with Crippen LogP contribution in [0.4, 0.5) is 5.69 Å². The standard InChI is InChI=1S/C23H22N2O3S/c1-25(2)22(26)16-29-21-11-7-6-10-20(21)23(27)24-17-12-14-19(15-13-17)28-18-8-4-3-5-9-18/h3-15H,16H2,1-2H3,(H,24,27). The van der Waals surface area contributed by atoms with Crippen molar-refractivity contribution >= 4 is 29.3 Å². The van der Waals surface area contributed by atoms with E-state index in [1.165, 1.54) is 16.7 Å². The van der Waals surface area contributed by atoms with Gasteiger partial charge in [0.1, 0.15) is 11.5 Å². The molecule has 6 heteroatoms. The van der Waals surface area contributed by atoms with Crippen molar-refractivity contribution in [2.24, 2.45) is 0 Å². The molecule has 0 spiro atoms. The topological polar surface area (TPSA) is 58.6 Å². The van der Waals surface area contributed by atoms with Gasteiger partial charge in [-0.2, -0.15) is 0 Å². The lowest BCUT2D eigenvalue weighted by molar-refractivity contribution is -0.125. The molecular weight excluding hydrogens is 384 g/mol. The zero-order chi connectivity index (χ0) is 20.6. The molecule has 0 bridgehead atoms. The zero-order valence-corrected chi connectivity index (χ0v) is 17.1. The lowest BCUT2D eigenvalue weighted by atomic mass is 10.2. The van der Waals surface area contributed by atoms with Crippen LogP contribution in [0.15, 0.2) is 83.8 Å². The molecule has 5 nitrogen and oxygen atoms in total. The van der Waals surface area contributed by atoms with Crippen molar-refractivity contribution in [3.8, 4) is 11.5 Å². The van der Waals surface area contributed by atoms with Crippen molar-refractivity contribution in [2.75, 3.05) is 25.2 Å². The number of carbonyl (C=O) groups is 2. The Morgan fingerprint density at radius 1 is 0.862 bits per heavy atom. The van der Waals surface area contributed by atoms with Gasteiger partial charge in [0.15, 0.2) is 0 Å². The third kappa shape index (κ3) is 5.86. The van der Waals surface area contributed by atoms with Gasteiger partial charge < -0.3 is 15.0 Å². The first-order valence-electron chi connectivity index (χ1n) is 9.09. The molecule has 3 aromatic carbocycles. The van der Waals surface area contributed by atoms with Gasteiger partial charge in [0, 0.05) is 24.7 Å². The summed E-state index contributed by atoms with van der Waals surface area (Å²) in [5.41, 5.74) is 1.20. The molecule has 0 fully saturated rings. The van der Waals surface area contributed by atoms with Gasteiger partial charge in [0.2, 0.25) is 5.91 Å². The maximum atomic E-state index is 12.7. The number of nitrogens with one attached hydrogen (secondary N) is 1. The summed E-state index contributed by atoms with van der Waals surface area (Å²) in [5.74, 6) is 1.50. The number of carbonyl (C=O) groups excluding carboxylic acids is 2. The maximum absolute atomic E-state index is 12.7. The van der Waals surface area contributed by atoms with Crippen LogP contribution in [0.3, 0.4) is 0 Å². The summed E-state index contributed by atoms with van der Waals surface area (Å²) in [6.45, 7) is 0. The highest BCUT2D eigenvalue weighted by Crippen LogP contribution is 2.25. The summed E-state index contributed by atoms with van der Waals surface area (Å²) in [6, 6.07) is 24.0. The third-order valence-electron chi connectivity index (χ3n) is 4.07. The van der Waals surface area contributed by atoms with E-state index in [4.69, 9.17) is 4.74 Å². The summed E-state index contributed by atoms with van der Waals surface area (Å²) in [4.78, 5) is 26.9. The molecule has 2 amide bonds. The van der Waals surface area contributed by atoms with Crippen LogP contribution in [0.5, 0.6) is 11.5 Å². The van der Waals surface area contributed by atoms with Gasteiger partial charge in [-0.15, -0.1) is 11.8 Å². The Morgan fingerprint density at radius 3 is 2.17 bits per heavy atom. The van der Waals surface area contributed by atoms with E-state index >= 15 is 0 Å². The van der Waals surface area contributed by atoms with Crippen LogP contribution in [0.2, 0.25) is 0 Å². The molecule has 3 aromatic rings. The predicted octanol–water partition coefficient (Wildman–Crippen LogP) is 4.91. The maximum Gasteiger partial charge on any atom is 0.256 e. The number of rotatable bonds is 7. The fourth-order valence-electron chi connectivity index (χ4n) is 2.48. The number of benzene rings is 3. The number of hydrogen-bond donors (Lipinski definition) is 1. The largest absolute Gasteiger partial charge is 0.457 e. The number of thioether (sulfide) groups is 1. The van der Waals surface area contributed by atoms with Crippen molar-refractivity contribution < 1.29 is 14.3 Å². The molecule has 0 heterocycles. The van der Waals surface area contributed by atoms with Crippen LogP contribution >= 0.6 is 11.8 Å². The molecule has 29 heavy (non-hydrogen) atoms. The Morgan fingerprint density at radius 2 is 1.48 bits per heavy atom. The molecule has 0 unspecified atom stereocenters. The average Bonchev–Trinajstić information content (AvgIpc) is 2.74. The van der Waals surface area contributed by atoms with E-state index in [9.17, 15) is 9.59 Å². The minimum absolute atomic E-state index is 0.000726. The van der Waals surface area contributed by atoms with E-state index < -0.39 is 0 Å². The van der Waals surface area contributed by atoms with Crippen LogP contribution in [0.25, 0.3) is 0 Å². The van der Waals surface area contributed by atoms with Crippen LogP contribution in [-0.4, -0.2) is 36.6 Å². The third-order valence-corrected chi connectivity index (χ3v) is 5.13. The van der Waals surface area contributed by atoms with Crippen LogP contribution in [-0.2, 0) is 4.79 Å². The molecule has 3 rings (SSSR count). The number of amides is 2. The van der Waals surface area contributed by atoms with E-state index in [0.717, 1.165) is 10.6 Å². The second-order valence-electron chi connectivity index (χ2n) is 6.47. The molecule has 0 aliphatic heterocycles. The number of para-hydroxylation sites is 1. The molecule has 0 saturated carbocycles. The summed E-state index contributed by atoms with van der Waals surface area (Å²) >= 11 is 1.35. The lowest BCUT2D eigenvalue weighted by Gasteiger charge is -2.12. The Bertz CT molecular complexity index is 973. The van der Waals surface area contributed by atoms with Crippen LogP contribution in [0.1, 0.15) is 10.4 Å². The molecule has 0 aliphatic rings. The fourth-order valence-corrected chi connectivity index (χ4v) is 3.51. The van der Waals surface area contributed by atoms with Crippen molar-refractivity contribution in [1.82, 2.24) is 4.90 Å². The molecule has 0 radical (unpaired) electrons. The minimum Gasteiger partial charge on any atom is -0.457 e. The molecule has 1 N–H and O–H groups in total. The first-order chi connectivity index (χ1) is 14.0. The van der Waals surface area contributed by atoms with E-state index in [1.54, 1.807) is 44.4 Å². The second-order valence-corrected chi connectivity index (χ2v) is 7.48.